The first-order valence-corrected chi connectivity index (χ1v) is 12.5. The smallest absolute Gasteiger partial charge is 0.271 e. The molecule has 1 aliphatic rings. The summed E-state index contributed by atoms with van der Waals surface area (Å²) in [6, 6.07) is 23.5. The first kappa shape index (κ1) is 24.3. The van der Waals surface area contributed by atoms with Gasteiger partial charge in [0.25, 0.3) is 11.5 Å². The second-order valence-corrected chi connectivity index (χ2v) is 9.46. The van der Waals surface area contributed by atoms with Crippen LogP contribution in [0.2, 0.25) is 0 Å². The summed E-state index contributed by atoms with van der Waals surface area (Å²) in [5, 5.41) is 2.96. The van der Waals surface area contributed by atoms with Crippen LogP contribution in [-0.2, 0) is 4.79 Å². The molecule has 2 heterocycles. The highest BCUT2D eigenvalue weighted by atomic mass is 32.1. The van der Waals surface area contributed by atoms with E-state index in [4.69, 9.17) is 9.47 Å². The monoisotopic (exact) mass is 511 g/mol. The number of nitrogens with zero attached hydrogens (tertiary/aromatic N) is 2. The molecule has 4 aromatic rings. The van der Waals surface area contributed by atoms with Crippen molar-refractivity contribution in [3.8, 4) is 11.5 Å². The van der Waals surface area contributed by atoms with Crippen LogP contribution in [0, 0.1) is 0 Å². The second kappa shape index (κ2) is 10.3. The Morgan fingerprint density at radius 2 is 1.70 bits per heavy atom. The molecule has 1 amide bonds. The number of para-hydroxylation sites is 1. The van der Waals surface area contributed by atoms with Gasteiger partial charge in [0.15, 0.2) is 4.80 Å². The van der Waals surface area contributed by atoms with Crippen LogP contribution >= 0.6 is 11.3 Å². The number of amides is 1. The third-order valence-electron chi connectivity index (χ3n) is 6.12. The molecule has 0 saturated carbocycles. The Morgan fingerprint density at radius 1 is 0.973 bits per heavy atom. The molecule has 0 saturated heterocycles. The molecule has 1 unspecified atom stereocenters. The van der Waals surface area contributed by atoms with Crippen molar-refractivity contribution in [1.29, 1.82) is 0 Å². The highest BCUT2D eigenvalue weighted by molar-refractivity contribution is 7.07. The average Bonchev–Trinajstić information content (AvgIpc) is 3.22. The normalized spacial score (nSPS) is 15.1. The minimum atomic E-state index is -0.654. The van der Waals surface area contributed by atoms with Gasteiger partial charge in [-0.3, -0.25) is 14.2 Å². The van der Waals surface area contributed by atoms with Gasteiger partial charge in [-0.25, -0.2) is 4.99 Å². The van der Waals surface area contributed by atoms with Crippen LogP contribution in [-0.4, -0.2) is 24.7 Å². The van der Waals surface area contributed by atoms with Gasteiger partial charge in [0.2, 0.25) is 0 Å². The van der Waals surface area contributed by atoms with Crippen LogP contribution in [0.4, 0.5) is 5.69 Å². The van der Waals surface area contributed by atoms with E-state index in [9.17, 15) is 9.59 Å². The van der Waals surface area contributed by atoms with Gasteiger partial charge in [-0.15, -0.1) is 0 Å². The summed E-state index contributed by atoms with van der Waals surface area (Å²) in [4.78, 5) is 32.6. The van der Waals surface area contributed by atoms with Gasteiger partial charge in [0.1, 0.15) is 11.5 Å². The molecule has 7 nitrogen and oxygen atoms in total. The van der Waals surface area contributed by atoms with E-state index in [-0.39, 0.29) is 11.5 Å². The zero-order valence-corrected chi connectivity index (χ0v) is 21.4. The summed E-state index contributed by atoms with van der Waals surface area (Å²) in [6.45, 7) is 1.80. The van der Waals surface area contributed by atoms with Crippen LogP contribution in [0.25, 0.3) is 6.08 Å². The number of benzene rings is 3. The number of hydrogen-bond acceptors (Lipinski definition) is 6. The molecular weight excluding hydrogens is 486 g/mol. The number of ether oxygens (including phenoxy) is 2. The maximum Gasteiger partial charge on any atom is 0.271 e. The molecule has 0 fully saturated rings. The number of carbonyl (C=O) groups is 1. The van der Waals surface area contributed by atoms with Crippen LogP contribution in [0.5, 0.6) is 11.5 Å². The summed E-state index contributed by atoms with van der Waals surface area (Å²) in [7, 11) is 3.20. The Labute approximate surface area is 217 Å². The standard InChI is InChI=1S/C29H25N3O4S/c1-18-25(27(33)31-21-9-5-4-6-10-21)26(20-12-14-22(35-2)15-13-20)32-28(34)24(37-29(32)30-18)17-19-8-7-11-23(16-19)36-3/h4-17,26H,1-3H3,(H,31,33). The van der Waals surface area contributed by atoms with Crippen LogP contribution in [0.3, 0.4) is 0 Å². The highest BCUT2D eigenvalue weighted by Crippen LogP contribution is 2.31. The number of allylic oxidation sites excluding steroid dienone is 1. The van der Waals surface area contributed by atoms with Crippen molar-refractivity contribution in [2.45, 2.75) is 13.0 Å². The van der Waals surface area contributed by atoms with Crippen molar-refractivity contribution < 1.29 is 14.3 Å². The average molecular weight is 512 g/mol. The predicted octanol–water partition coefficient (Wildman–Crippen LogP) is 3.89. The lowest BCUT2D eigenvalue weighted by Crippen LogP contribution is -2.40. The van der Waals surface area contributed by atoms with Crippen LogP contribution in [0.1, 0.15) is 24.1 Å². The molecule has 37 heavy (non-hydrogen) atoms. The Bertz CT molecular complexity index is 1670. The van der Waals surface area contributed by atoms with Gasteiger partial charge < -0.3 is 14.8 Å². The third kappa shape index (κ3) is 4.83. The Hall–Kier alpha value is -4.43. The molecular formula is C29H25N3O4S. The summed E-state index contributed by atoms with van der Waals surface area (Å²) >= 11 is 1.29. The topological polar surface area (TPSA) is 81.9 Å². The van der Waals surface area contributed by atoms with Crippen molar-refractivity contribution in [1.82, 2.24) is 4.57 Å². The first-order valence-electron chi connectivity index (χ1n) is 11.7. The number of methoxy groups -OCH3 is 2. The van der Waals surface area contributed by atoms with Crippen molar-refractivity contribution in [2.75, 3.05) is 19.5 Å². The first-order chi connectivity index (χ1) is 18.0. The number of hydrogen-bond donors (Lipinski definition) is 1. The maximum atomic E-state index is 13.8. The molecule has 0 radical (unpaired) electrons. The number of anilines is 1. The number of carbonyl (C=O) groups excluding carboxylic acids is 1. The number of rotatable bonds is 6. The SMILES string of the molecule is COc1ccc(C2C(C(=O)Nc3ccccc3)=C(C)N=c3sc(=Cc4cccc(OC)c4)c(=O)n32)cc1. The molecule has 8 heteroatoms. The maximum absolute atomic E-state index is 13.8. The second-order valence-electron chi connectivity index (χ2n) is 8.45. The van der Waals surface area contributed by atoms with E-state index in [1.807, 2.05) is 84.9 Å². The fourth-order valence-corrected chi connectivity index (χ4v) is 5.36. The van der Waals surface area contributed by atoms with Gasteiger partial charge in [0, 0.05) is 5.69 Å². The lowest BCUT2D eigenvalue weighted by atomic mass is 9.95. The summed E-state index contributed by atoms with van der Waals surface area (Å²) in [5.41, 5.74) is 3.03. The fraction of sp³-hybridized carbons (Fsp3) is 0.138. The molecule has 0 bridgehead atoms. The van der Waals surface area contributed by atoms with Crippen molar-refractivity contribution >= 4 is 29.0 Å². The molecule has 1 aromatic heterocycles. The predicted molar refractivity (Wildman–Crippen MR) is 145 cm³/mol. The molecule has 3 aromatic carbocycles. The minimum Gasteiger partial charge on any atom is -0.497 e. The Kier molecular flexibility index (Phi) is 6.74. The minimum absolute atomic E-state index is 0.218. The van der Waals surface area contributed by atoms with E-state index < -0.39 is 6.04 Å². The van der Waals surface area contributed by atoms with Gasteiger partial charge in [-0.1, -0.05) is 53.8 Å². The zero-order chi connectivity index (χ0) is 25.9. The van der Waals surface area contributed by atoms with Gasteiger partial charge in [-0.2, -0.15) is 0 Å². The van der Waals surface area contributed by atoms with E-state index in [2.05, 4.69) is 10.3 Å². The quantitative estimate of drug-likeness (QED) is 0.426. The molecule has 5 rings (SSSR count). The third-order valence-corrected chi connectivity index (χ3v) is 7.10. The molecule has 1 atom stereocenters. The largest absolute Gasteiger partial charge is 0.497 e. The van der Waals surface area contributed by atoms with E-state index in [1.54, 1.807) is 25.7 Å². The van der Waals surface area contributed by atoms with Gasteiger partial charge >= 0.3 is 0 Å². The molecule has 0 spiro atoms. The van der Waals surface area contributed by atoms with E-state index >= 15 is 0 Å². The fourth-order valence-electron chi connectivity index (χ4n) is 4.32. The van der Waals surface area contributed by atoms with Crippen molar-refractivity contribution in [2.24, 2.45) is 4.99 Å². The van der Waals surface area contributed by atoms with E-state index in [0.29, 0.717) is 37.8 Å². The number of nitrogens with one attached hydrogen (secondary N) is 1. The van der Waals surface area contributed by atoms with E-state index in [0.717, 1.165) is 11.1 Å². The van der Waals surface area contributed by atoms with Crippen LogP contribution in [0.15, 0.2) is 99.9 Å². The zero-order valence-electron chi connectivity index (χ0n) is 20.6. The number of aromatic nitrogens is 1. The highest BCUT2D eigenvalue weighted by Gasteiger charge is 2.32. The van der Waals surface area contributed by atoms with Crippen molar-refractivity contribution in [3.05, 3.63) is 121 Å². The van der Waals surface area contributed by atoms with E-state index in [1.165, 1.54) is 11.3 Å². The van der Waals surface area contributed by atoms with Crippen LogP contribution < -0.4 is 29.7 Å². The lowest BCUT2D eigenvalue weighted by molar-refractivity contribution is -0.113. The Morgan fingerprint density at radius 3 is 2.41 bits per heavy atom. The Balaban J connectivity index is 1.67. The molecule has 186 valence electrons. The van der Waals surface area contributed by atoms with Crippen molar-refractivity contribution in [3.63, 3.8) is 0 Å². The number of thiazole rings is 1. The summed E-state index contributed by atoms with van der Waals surface area (Å²) in [5.74, 6) is 1.08. The molecule has 1 aliphatic heterocycles. The molecule has 1 N–H and O–H groups in total. The number of fused-ring (bicyclic) bond motifs is 1. The summed E-state index contributed by atoms with van der Waals surface area (Å²) in [6.07, 6.45) is 1.82. The van der Waals surface area contributed by atoms with Gasteiger partial charge in [-0.05, 0) is 60.5 Å². The summed E-state index contributed by atoms with van der Waals surface area (Å²) < 4.78 is 12.8. The molecule has 0 aliphatic carbocycles. The lowest BCUT2D eigenvalue weighted by Gasteiger charge is -2.25. The van der Waals surface area contributed by atoms with Gasteiger partial charge in [0.05, 0.1) is 36.1 Å².